The van der Waals surface area contributed by atoms with Gasteiger partial charge in [-0.2, -0.15) is 0 Å². The van der Waals surface area contributed by atoms with Crippen molar-refractivity contribution in [1.29, 1.82) is 0 Å². The van der Waals surface area contributed by atoms with Crippen LogP contribution in [-0.4, -0.2) is 48.2 Å². The molecule has 35 heavy (non-hydrogen) atoms. The number of nitrogens with one attached hydrogen (secondary N) is 1. The molecule has 1 N–H and O–H groups in total. The molecule has 0 saturated carbocycles. The van der Waals surface area contributed by atoms with Crippen LogP contribution in [0, 0.1) is 6.92 Å². The molecule has 0 bridgehead atoms. The SMILES string of the molecule is COc1ccc(N(CC(=O)NCCOc2ccccc2OC)S(=O)(=O)c2ccc(C)cc2)cc1Cl. The Morgan fingerprint density at radius 1 is 0.943 bits per heavy atom. The van der Waals surface area contributed by atoms with Crippen molar-refractivity contribution in [3.05, 3.63) is 77.3 Å². The first-order valence-electron chi connectivity index (χ1n) is 10.7. The first-order chi connectivity index (χ1) is 16.8. The number of ether oxygens (including phenoxy) is 3. The van der Waals surface area contributed by atoms with Crippen LogP contribution in [0.4, 0.5) is 5.69 Å². The maximum absolute atomic E-state index is 13.5. The second-order valence-corrected chi connectivity index (χ2v) is 9.76. The van der Waals surface area contributed by atoms with Crippen LogP contribution < -0.4 is 23.8 Å². The normalized spacial score (nSPS) is 11.0. The van der Waals surface area contributed by atoms with Gasteiger partial charge in [0.1, 0.15) is 18.9 Å². The first-order valence-corrected chi connectivity index (χ1v) is 12.5. The van der Waals surface area contributed by atoms with Crippen molar-refractivity contribution in [3.8, 4) is 17.2 Å². The summed E-state index contributed by atoms with van der Waals surface area (Å²) in [6.45, 7) is 1.75. The Bertz CT molecular complexity index is 1270. The number of para-hydroxylation sites is 2. The molecule has 0 aliphatic carbocycles. The van der Waals surface area contributed by atoms with Crippen LogP contribution in [0.5, 0.6) is 17.2 Å². The molecule has 0 heterocycles. The fraction of sp³-hybridized carbons (Fsp3) is 0.240. The number of rotatable bonds is 11. The molecule has 186 valence electrons. The molecule has 0 aliphatic rings. The van der Waals surface area contributed by atoms with E-state index in [0.717, 1.165) is 9.87 Å². The number of hydrogen-bond acceptors (Lipinski definition) is 6. The molecule has 1 amide bonds. The van der Waals surface area contributed by atoms with Gasteiger partial charge in [0.15, 0.2) is 11.5 Å². The van der Waals surface area contributed by atoms with Crippen LogP contribution in [-0.2, 0) is 14.8 Å². The summed E-state index contributed by atoms with van der Waals surface area (Å²) in [5, 5.41) is 2.91. The molecular formula is C25H27ClN2O6S. The Labute approximate surface area is 210 Å². The van der Waals surface area contributed by atoms with E-state index in [4.69, 9.17) is 25.8 Å². The highest BCUT2D eigenvalue weighted by atomic mass is 35.5. The summed E-state index contributed by atoms with van der Waals surface area (Å²) in [7, 11) is -1.06. The minimum absolute atomic E-state index is 0.0577. The fourth-order valence-corrected chi connectivity index (χ4v) is 4.90. The van der Waals surface area contributed by atoms with E-state index in [9.17, 15) is 13.2 Å². The van der Waals surface area contributed by atoms with Crippen LogP contribution in [0.2, 0.25) is 5.02 Å². The number of nitrogens with zero attached hydrogens (tertiary/aromatic N) is 1. The van der Waals surface area contributed by atoms with Gasteiger partial charge in [0.25, 0.3) is 10.0 Å². The van der Waals surface area contributed by atoms with Crippen LogP contribution in [0.1, 0.15) is 5.56 Å². The smallest absolute Gasteiger partial charge is 0.264 e. The highest BCUT2D eigenvalue weighted by Crippen LogP contribution is 2.32. The van der Waals surface area contributed by atoms with Crippen LogP contribution in [0.3, 0.4) is 0 Å². The minimum atomic E-state index is -4.06. The number of carbonyl (C=O) groups excluding carboxylic acids is 1. The van der Waals surface area contributed by atoms with Gasteiger partial charge in [-0.15, -0.1) is 0 Å². The molecule has 0 fully saturated rings. The molecule has 0 radical (unpaired) electrons. The van der Waals surface area contributed by atoms with Crippen LogP contribution in [0.15, 0.2) is 71.6 Å². The lowest BCUT2D eigenvalue weighted by atomic mass is 10.2. The predicted octanol–water partition coefficient (Wildman–Crippen LogP) is 4.06. The minimum Gasteiger partial charge on any atom is -0.495 e. The summed E-state index contributed by atoms with van der Waals surface area (Å²) in [5.41, 5.74) is 1.15. The molecule has 0 aliphatic heterocycles. The monoisotopic (exact) mass is 518 g/mol. The Balaban J connectivity index is 1.75. The highest BCUT2D eigenvalue weighted by molar-refractivity contribution is 7.92. The van der Waals surface area contributed by atoms with Crippen molar-refractivity contribution in [2.24, 2.45) is 0 Å². The van der Waals surface area contributed by atoms with E-state index in [1.807, 2.05) is 19.1 Å². The number of methoxy groups -OCH3 is 2. The van der Waals surface area contributed by atoms with Crippen molar-refractivity contribution in [2.75, 3.05) is 38.2 Å². The summed E-state index contributed by atoms with van der Waals surface area (Å²) < 4.78 is 44.0. The van der Waals surface area contributed by atoms with Crippen molar-refractivity contribution < 1.29 is 27.4 Å². The molecule has 3 aromatic carbocycles. The number of amides is 1. The van der Waals surface area contributed by atoms with Crippen molar-refractivity contribution >= 4 is 33.2 Å². The predicted molar refractivity (Wildman–Crippen MR) is 135 cm³/mol. The summed E-state index contributed by atoms with van der Waals surface area (Å²) in [6.07, 6.45) is 0. The van der Waals surface area contributed by atoms with Crippen LogP contribution >= 0.6 is 11.6 Å². The zero-order valence-corrected chi connectivity index (χ0v) is 21.2. The van der Waals surface area contributed by atoms with E-state index in [-0.39, 0.29) is 28.8 Å². The second-order valence-electron chi connectivity index (χ2n) is 7.49. The van der Waals surface area contributed by atoms with Crippen molar-refractivity contribution in [1.82, 2.24) is 5.32 Å². The maximum atomic E-state index is 13.5. The average Bonchev–Trinajstić information content (AvgIpc) is 2.85. The number of anilines is 1. The lowest BCUT2D eigenvalue weighted by Gasteiger charge is -2.24. The van der Waals surface area contributed by atoms with E-state index in [1.165, 1.54) is 31.4 Å². The zero-order valence-electron chi connectivity index (χ0n) is 19.7. The number of hydrogen-bond donors (Lipinski definition) is 1. The van der Waals surface area contributed by atoms with E-state index >= 15 is 0 Å². The molecule has 3 aromatic rings. The van der Waals surface area contributed by atoms with E-state index in [0.29, 0.717) is 17.2 Å². The summed E-state index contributed by atoms with van der Waals surface area (Å²) in [6, 6.07) is 18.1. The molecule has 0 saturated heterocycles. The van der Waals surface area contributed by atoms with Gasteiger partial charge in [0, 0.05) is 0 Å². The highest BCUT2D eigenvalue weighted by Gasteiger charge is 2.27. The molecule has 3 rings (SSSR count). The Morgan fingerprint density at radius 2 is 1.60 bits per heavy atom. The number of aryl methyl sites for hydroxylation is 1. The molecule has 8 nitrogen and oxygen atoms in total. The van der Waals surface area contributed by atoms with Crippen LogP contribution in [0.25, 0.3) is 0 Å². The van der Waals surface area contributed by atoms with Gasteiger partial charge in [0.05, 0.1) is 36.4 Å². The van der Waals surface area contributed by atoms with E-state index < -0.39 is 22.5 Å². The lowest BCUT2D eigenvalue weighted by Crippen LogP contribution is -2.42. The fourth-order valence-electron chi connectivity index (χ4n) is 3.24. The Hall–Kier alpha value is -3.43. The number of sulfonamides is 1. The van der Waals surface area contributed by atoms with Gasteiger partial charge in [-0.1, -0.05) is 41.4 Å². The molecule has 0 atom stereocenters. The van der Waals surface area contributed by atoms with Gasteiger partial charge >= 0.3 is 0 Å². The number of benzene rings is 3. The number of carbonyl (C=O) groups is 1. The summed E-state index contributed by atoms with van der Waals surface area (Å²) >= 11 is 6.24. The number of halogens is 1. The molecular weight excluding hydrogens is 492 g/mol. The topological polar surface area (TPSA) is 94.2 Å². The summed E-state index contributed by atoms with van der Waals surface area (Å²) in [4.78, 5) is 12.8. The lowest BCUT2D eigenvalue weighted by molar-refractivity contribution is -0.119. The zero-order chi connectivity index (χ0) is 25.4. The average molecular weight is 519 g/mol. The van der Waals surface area contributed by atoms with Gasteiger partial charge in [0.2, 0.25) is 5.91 Å². The van der Waals surface area contributed by atoms with Crippen molar-refractivity contribution in [2.45, 2.75) is 11.8 Å². The molecule has 0 spiro atoms. The Kier molecular flexibility index (Phi) is 8.84. The third-order valence-electron chi connectivity index (χ3n) is 5.07. The van der Waals surface area contributed by atoms with Gasteiger partial charge in [-0.3, -0.25) is 9.10 Å². The van der Waals surface area contributed by atoms with Crippen molar-refractivity contribution in [3.63, 3.8) is 0 Å². The molecule has 0 aromatic heterocycles. The molecule has 0 unspecified atom stereocenters. The Morgan fingerprint density at radius 3 is 2.23 bits per heavy atom. The van der Waals surface area contributed by atoms with Gasteiger partial charge < -0.3 is 19.5 Å². The van der Waals surface area contributed by atoms with Gasteiger partial charge in [-0.25, -0.2) is 8.42 Å². The summed E-state index contributed by atoms with van der Waals surface area (Å²) in [5.74, 6) is 1.00. The van der Waals surface area contributed by atoms with Gasteiger partial charge in [-0.05, 0) is 49.4 Å². The van der Waals surface area contributed by atoms with E-state index in [2.05, 4.69) is 5.32 Å². The molecule has 10 heteroatoms. The largest absolute Gasteiger partial charge is 0.495 e. The first kappa shape index (κ1) is 26.2. The third kappa shape index (κ3) is 6.58. The standard InChI is InChI=1S/C25H27ClN2O6S/c1-18-8-11-20(12-9-18)35(30,31)28(19-10-13-22(32-2)21(26)16-19)17-25(29)27-14-15-34-24-7-5-4-6-23(24)33-3/h4-13,16H,14-15,17H2,1-3H3,(H,27,29). The maximum Gasteiger partial charge on any atom is 0.264 e. The van der Waals surface area contributed by atoms with E-state index in [1.54, 1.807) is 37.4 Å². The second kappa shape index (κ2) is 11.8. The quantitative estimate of drug-likeness (QED) is 0.385. The third-order valence-corrected chi connectivity index (χ3v) is 7.15.